The number of aromatic nitrogens is 2. The standard InChI is InChI=1S/C24H38N2.2HI/c1-4-5-6-7-8-9-10-11-12-13-24(22-14-18-25(2)19-15-22)23-16-20-26(3)21-17-23;;/h14-21,24H,4-13H2,1-3H3;2*1H/q+2;;/p-2. The van der Waals surface area contributed by atoms with Gasteiger partial charge in [-0.15, -0.1) is 0 Å². The lowest BCUT2D eigenvalue weighted by Crippen LogP contribution is -3.00. The Morgan fingerprint density at radius 3 is 1.36 bits per heavy atom. The highest BCUT2D eigenvalue weighted by Gasteiger charge is 2.16. The smallest absolute Gasteiger partial charge is 0.168 e. The molecular weight excluding hydrogens is 570 g/mol. The van der Waals surface area contributed by atoms with E-state index in [9.17, 15) is 0 Å². The summed E-state index contributed by atoms with van der Waals surface area (Å²) in [6.45, 7) is 2.29. The molecule has 0 atom stereocenters. The molecule has 0 unspecified atom stereocenters. The third kappa shape index (κ3) is 10.5. The number of unbranched alkanes of at least 4 members (excludes halogenated alkanes) is 8. The average molecular weight is 608 g/mol. The molecule has 0 bridgehead atoms. The van der Waals surface area contributed by atoms with Crippen LogP contribution in [-0.4, -0.2) is 0 Å². The Balaban J connectivity index is 0.00000364. The first-order chi connectivity index (χ1) is 12.7. The van der Waals surface area contributed by atoms with Crippen molar-refractivity contribution in [2.24, 2.45) is 14.1 Å². The van der Waals surface area contributed by atoms with Crippen molar-refractivity contribution in [2.75, 3.05) is 0 Å². The Morgan fingerprint density at radius 2 is 0.964 bits per heavy atom. The zero-order valence-electron chi connectivity index (χ0n) is 17.9. The van der Waals surface area contributed by atoms with Gasteiger partial charge in [0.1, 0.15) is 14.1 Å². The zero-order chi connectivity index (χ0) is 18.6. The van der Waals surface area contributed by atoms with Crippen LogP contribution in [0.3, 0.4) is 0 Å². The predicted octanol–water partition coefficient (Wildman–Crippen LogP) is -0.604. The minimum Gasteiger partial charge on any atom is -1.00 e. The van der Waals surface area contributed by atoms with Crippen molar-refractivity contribution in [2.45, 2.75) is 77.0 Å². The summed E-state index contributed by atoms with van der Waals surface area (Å²) >= 11 is 0. The molecule has 2 rings (SSSR count). The van der Waals surface area contributed by atoms with Crippen LogP contribution >= 0.6 is 0 Å². The molecule has 4 heteroatoms. The molecule has 2 heterocycles. The van der Waals surface area contributed by atoms with Gasteiger partial charge in [-0.3, -0.25) is 0 Å². The zero-order valence-corrected chi connectivity index (χ0v) is 22.2. The molecule has 0 saturated carbocycles. The molecule has 2 aromatic rings. The normalized spacial score (nSPS) is 10.4. The summed E-state index contributed by atoms with van der Waals surface area (Å²) in [5.74, 6) is 0.516. The fourth-order valence-corrected chi connectivity index (χ4v) is 3.67. The third-order valence-electron chi connectivity index (χ3n) is 5.41. The molecule has 0 aliphatic carbocycles. The molecule has 0 aromatic carbocycles. The summed E-state index contributed by atoms with van der Waals surface area (Å²) < 4.78 is 4.23. The second kappa shape index (κ2) is 16.5. The number of nitrogens with zero attached hydrogens (tertiary/aromatic N) is 2. The monoisotopic (exact) mass is 608 g/mol. The fraction of sp³-hybridized carbons (Fsp3) is 0.583. The fourth-order valence-electron chi connectivity index (χ4n) is 3.67. The van der Waals surface area contributed by atoms with E-state index in [1.54, 1.807) is 0 Å². The highest BCUT2D eigenvalue weighted by Crippen LogP contribution is 2.29. The Hall–Kier alpha value is -0.240. The van der Waals surface area contributed by atoms with Crippen LogP contribution in [-0.2, 0) is 14.1 Å². The summed E-state index contributed by atoms with van der Waals surface area (Å²) in [5, 5.41) is 0. The summed E-state index contributed by atoms with van der Waals surface area (Å²) in [5.41, 5.74) is 2.88. The SMILES string of the molecule is CCCCCCCCCCCC(c1cc[n+](C)cc1)c1cc[n+](C)cc1.[I-].[I-]. The van der Waals surface area contributed by atoms with Crippen LogP contribution in [0, 0.1) is 0 Å². The second-order valence-corrected chi connectivity index (χ2v) is 7.76. The van der Waals surface area contributed by atoms with Gasteiger partial charge < -0.3 is 48.0 Å². The number of rotatable bonds is 12. The second-order valence-electron chi connectivity index (χ2n) is 7.76. The van der Waals surface area contributed by atoms with E-state index < -0.39 is 0 Å². The van der Waals surface area contributed by atoms with Gasteiger partial charge in [0.15, 0.2) is 24.8 Å². The number of aryl methyl sites for hydroxylation is 2. The lowest BCUT2D eigenvalue weighted by Gasteiger charge is -2.17. The summed E-state index contributed by atoms with van der Waals surface area (Å²) in [7, 11) is 4.17. The summed E-state index contributed by atoms with van der Waals surface area (Å²) in [6, 6.07) is 9.13. The van der Waals surface area contributed by atoms with E-state index in [2.05, 4.69) is 79.2 Å². The number of pyridine rings is 2. The minimum absolute atomic E-state index is 0. The van der Waals surface area contributed by atoms with Gasteiger partial charge in [0.2, 0.25) is 0 Å². The van der Waals surface area contributed by atoms with Crippen LogP contribution in [0.1, 0.15) is 88.2 Å². The maximum absolute atomic E-state index is 2.29. The maximum atomic E-state index is 2.29. The highest BCUT2D eigenvalue weighted by atomic mass is 127. The molecule has 2 aromatic heterocycles. The molecule has 0 spiro atoms. The molecule has 0 radical (unpaired) electrons. The Labute approximate surface area is 207 Å². The van der Waals surface area contributed by atoms with Gasteiger partial charge in [0, 0.05) is 30.2 Å². The Morgan fingerprint density at radius 1 is 0.607 bits per heavy atom. The molecule has 158 valence electrons. The van der Waals surface area contributed by atoms with Crippen molar-refractivity contribution in [1.82, 2.24) is 0 Å². The van der Waals surface area contributed by atoms with E-state index in [0.717, 1.165) is 0 Å². The molecular formula is C24H38I2N2. The summed E-state index contributed by atoms with van der Waals surface area (Å²) in [6.07, 6.45) is 22.4. The van der Waals surface area contributed by atoms with Crippen LogP contribution in [0.15, 0.2) is 49.1 Å². The van der Waals surface area contributed by atoms with Gasteiger partial charge in [-0.25, -0.2) is 9.13 Å². The first kappa shape index (κ1) is 27.8. The number of halogens is 2. The van der Waals surface area contributed by atoms with E-state index in [4.69, 9.17) is 0 Å². The molecule has 28 heavy (non-hydrogen) atoms. The average Bonchev–Trinajstić information content (AvgIpc) is 2.65. The molecule has 0 fully saturated rings. The number of hydrogen-bond acceptors (Lipinski definition) is 0. The van der Waals surface area contributed by atoms with E-state index in [1.165, 1.54) is 75.3 Å². The Kier molecular flexibility index (Phi) is 16.4. The van der Waals surface area contributed by atoms with Gasteiger partial charge >= 0.3 is 0 Å². The molecule has 0 N–H and O–H groups in total. The quantitative estimate of drug-likeness (QED) is 0.173. The lowest BCUT2D eigenvalue weighted by molar-refractivity contribution is -0.671. The van der Waals surface area contributed by atoms with Gasteiger partial charge in [-0.05, 0) is 17.5 Å². The van der Waals surface area contributed by atoms with Crippen molar-refractivity contribution in [3.8, 4) is 0 Å². The first-order valence-electron chi connectivity index (χ1n) is 10.6. The molecule has 0 aliphatic heterocycles. The third-order valence-corrected chi connectivity index (χ3v) is 5.41. The van der Waals surface area contributed by atoms with Crippen molar-refractivity contribution >= 4 is 0 Å². The van der Waals surface area contributed by atoms with E-state index in [1.807, 2.05) is 0 Å². The molecule has 2 nitrogen and oxygen atoms in total. The van der Waals surface area contributed by atoms with Gasteiger partial charge in [0.25, 0.3) is 0 Å². The van der Waals surface area contributed by atoms with Crippen LogP contribution in [0.5, 0.6) is 0 Å². The predicted molar refractivity (Wildman–Crippen MR) is 109 cm³/mol. The highest BCUT2D eigenvalue weighted by molar-refractivity contribution is 5.28. The van der Waals surface area contributed by atoms with Crippen LogP contribution in [0.2, 0.25) is 0 Å². The molecule has 0 aliphatic rings. The van der Waals surface area contributed by atoms with Crippen molar-refractivity contribution < 1.29 is 57.1 Å². The van der Waals surface area contributed by atoms with E-state index >= 15 is 0 Å². The largest absolute Gasteiger partial charge is 1.00 e. The summed E-state index contributed by atoms with van der Waals surface area (Å²) in [4.78, 5) is 0. The van der Waals surface area contributed by atoms with E-state index in [-0.39, 0.29) is 48.0 Å². The van der Waals surface area contributed by atoms with Crippen LogP contribution in [0.4, 0.5) is 0 Å². The minimum atomic E-state index is 0. The van der Waals surface area contributed by atoms with Gasteiger partial charge in [-0.1, -0.05) is 64.7 Å². The maximum Gasteiger partial charge on any atom is 0.168 e. The van der Waals surface area contributed by atoms with Crippen molar-refractivity contribution in [3.63, 3.8) is 0 Å². The number of hydrogen-bond donors (Lipinski definition) is 0. The van der Waals surface area contributed by atoms with Crippen LogP contribution < -0.4 is 57.1 Å². The van der Waals surface area contributed by atoms with E-state index in [0.29, 0.717) is 5.92 Å². The van der Waals surface area contributed by atoms with Crippen molar-refractivity contribution in [3.05, 3.63) is 60.2 Å². The Bertz CT molecular complexity index is 566. The van der Waals surface area contributed by atoms with Gasteiger partial charge in [-0.2, -0.15) is 0 Å². The lowest BCUT2D eigenvalue weighted by atomic mass is 9.87. The molecule has 0 amide bonds. The topological polar surface area (TPSA) is 7.76 Å². The van der Waals surface area contributed by atoms with Crippen LogP contribution in [0.25, 0.3) is 0 Å². The van der Waals surface area contributed by atoms with Crippen molar-refractivity contribution in [1.29, 1.82) is 0 Å². The first-order valence-corrected chi connectivity index (χ1v) is 10.6. The van der Waals surface area contributed by atoms with Gasteiger partial charge in [0.05, 0.1) is 0 Å². The molecule has 0 saturated heterocycles.